The molecule has 4 rings (SSSR count). The Morgan fingerprint density at radius 2 is 1.67 bits per heavy atom. The maximum absolute atomic E-state index is 13.5. The molecule has 1 fully saturated rings. The maximum atomic E-state index is 13.5. The molecule has 0 spiro atoms. The smallest absolute Gasteiger partial charge is 0.307 e. The van der Waals surface area contributed by atoms with Gasteiger partial charge >= 0.3 is 10.2 Å². The molecular weight excluding hydrogens is 578 g/mol. The molecule has 0 radical (unpaired) electrons. The molecule has 14 heteroatoms. The zero-order chi connectivity index (χ0) is 31.1. The second kappa shape index (κ2) is 13.9. The number of benzene rings is 2. The maximum Gasteiger partial charge on any atom is 0.307 e. The second-order valence-corrected chi connectivity index (χ2v) is 11.8. The average Bonchev–Trinajstić information content (AvgIpc) is 3.39. The van der Waals surface area contributed by atoms with E-state index in [0.717, 1.165) is 21.4 Å². The Bertz CT molecular complexity index is 1590. The van der Waals surface area contributed by atoms with Crippen LogP contribution in [0, 0.1) is 0 Å². The molecule has 0 unspecified atom stereocenters. The van der Waals surface area contributed by atoms with Crippen molar-refractivity contribution in [3.63, 3.8) is 0 Å². The number of rotatable bonds is 12. The summed E-state index contributed by atoms with van der Waals surface area (Å²) < 4.78 is 49.9. The normalized spacial score (nSPS) is 14.5. The van der Waals surface area contributed by atoms with Gasteiger partial charge < -0.3 is 29.6 Å². The zero-order valence-corrected chi connectivity index (χ0v) is 25.7. The number of carbonyl (C=O) groups excluding carboxylic acids is 2. The summed E-state index contributed by atoms with van der Waals surface area (Å²) in [4.78, 5) is 29.2. The second-order valence-electron chi connectivity index (χ2n) is 9.82. The minimum Gasteiger partial charge on any atom is -0.493 e. The lowest BCUT2D eigenvalue weighted by molar-refractivity contribution is -0.117. The SMILES string of the molecule is COc1cc(C(=O)NC(=Cc2cn(S(=O)(=O)N(C)C)c3ccccc23)C(=O)NCCN2CCOCC2)cc(OC)c1OC. The Balaban J connectivity index is 1.72. The molecule has 2 amide bonds. The molecule has 2 N–H and O–H groups in total. The summed E-state index contributed by atoms with van der Waals surface area (Å²) in [7, 11) is 3.32. The van der Waals surface area contributed by atoms with Crippen molar-refractivity contribution in [3.05, 3.63) is 59.4 Å². The third-order valence-electron chi connectivity index (χ3n) is 6.96. The van der Waals surface area contributed by atoms with E-state index in [-0.39, 0.29) is 22.8 Å². The van der Waals surface area contributed by atoms with E-state index >= 15 is 0 Å². The first kappa shape index (κ1) is 31.8. The summed E-state index contributed by atoms with van der Waals surface area (Å²) in [5.74, 6) is -0.304. The molecule has 0 bridgehead atoms. The van der Waals surface area contributed by atoms with Crippen LogP contribution in [0.4, 0.5) is 0 Å². The zero-order valence-electron chi connectivity index (χ0n) is 24.9. The third kappa shape index (κ3) is 7.10. The molecule has 1 aliphatic heterocycles. The highest BCUT2D eigenvalue weighted by Crippen LogP contribution is 2.38. The molecule has 1 saturated heterocycles. The van der Waals surface area contributed by atoms with Crippen LogP contribution in [0.15, 0.2) is 48.3 Å². The van der Waals surface area contributed by atoms with Gasteiger partial charge in [-0.3, -0.25) is 14.5 Å². The van der Waals surface area contributed by atoms with Crippen LogP contribution < -0.4 is 24.8 Å². The lowest BCUT2D eigenvalue weighted by atomic mass is 10.1. The molecule has 0 aliphatic carbocycles. The highest BCUT2D eigenvalue weighted by molar-refractivity contribution is 7.87. The lowest BCUT2D eigenvalue weighted by Crippen LogP contribution is -2.42. The van der Waals surface area contributed by atoms with E-state index in [0.29, 0.717) is 48.5 Å². The van der Waals surface area contributed by atoms with E-state index in [1.165, 1.54) is 59.8 Å². The van der Waals surface area contributed by atoms with Gasteiger partial charge in [0.15, 0.2) is 11.5 Å². The van der Waals surface area contributed by atoms with Crippen molar-refractivity contribution in [1.29, 1.82) is 0 Å². The summed E-state index contributed by atoms with van der Waals surface area (Å²) in [6.07, 6.45) is 2.89. The molecule has 43 heavy (non-hydrogen) atoms. The predicted octanol–water partition coefficient (Wildman–Crippen LogP) is 1.54. The number of amides is 2. The Morgan fingerprint density at radius 1 is 1.02 bits per heavy atom. The van der Waals surface area contributed by atoms with Crippen LogP contribution in [0.1, 0.15) is 15.9 Å². The van der Waals surface area contributed by atoms with Gasteiger partial charge in [0.05, 0.1) is 40.1 Å². The minimum absolute atomic E-state index is 0.0779. The molecular formula is C29H37N5O8S. The topological polar surface area (TPSA) is 141 Å². The Morgan fingerprint density at radius 3 is 2.28 bits per heavy atom. The number of carbonyl (C=O) groups is 2. The number of nitrogens with zero attached hydrogens (tertiary/aromatic N) is 3. The highest BCUT2D eigenvalue weighted by Gasteiger charge is 2.23. The summed E-state index contributed by atoms with van der Waals surface area (Å²) in [5.41, 5.74) is 0.917. The first-order valence-corrected chi connectivity index (χ1v) is 14.9. The quantitative estimate of drug-likeness (QED) is 0.290. The van der Waals surface area contributed by atoms with E-state index in [2.05, 4.69) is 15.5 Å². The van der Waals surface area contributed by atoms with Crippen LogP contribution in [0.5, 0.6) is 17.2 Å². The molecule has 3 aromatic rings. The number of fused-ring (bicyclic) bond motifs is 1. The van der Waals surface area contributed by atoms with Gasteiger partial charge in [-0.15, -0.1) is 0 Å². The summed E-state index contributed by atoms with van der Waals surface area (Å²) in [6.45, 7) is 3.71. The number of ether oxygens (including phenoxy) is 4. The van der Waals surface area contributed by atoms with Crippen molar-refractivity contribution in [2.24, 2.45) is 0 Å². The van der Waals surface area contributed by atoms with E-state index < -0.39 is 22.0 Å². The molecule has 0 atom stereocenters. The molecule has 232 valence electrons. The van der Waals surface area contributed by atoms with Crippen molar-refractivity contribution in [2.45, 2.75) is 0 Å². The van der Waals surface area contributed by atoms with Crippen LogP contribution >= 0.6 is 0 Å². The van der Waals surface area contributed by atoms with Crippen molar-refractivity contribution >= 4 is 39.0 Å². The van der Waals surface area contributed by atoms with Crippen LogP contribution in [0.2, 0.25) is 0 Å². The van der Waals surface area contributed by atoms with Gasteiger partial charge in [0, 0.05) is 63.0 Å². The summed E-state index contributed by atoms with van der Waals surface area (Å²) >= 11 is 0. The van der Waals surface area contributed by atoms with Gasteiger partial charge in [0.2, 0.25) is 5.75 Å². The average molecular weight is 616 g/mol. The van der Waals surface area contributed by atoms with Crippen LogP contribution in [-0.2, 0) is 19.7 Å². The number of hydrogen-bond donors (Lipinski definition) is 2. The molecule has 2 heterocycles. The predicted molar refractivity (Wildman–Crippen MR) is 162 cm³/mol. The number of nitrogens with one attached hydrogen (secondary N) is 2. The van der Waals surface area contributed by atoms with Crippen molar-refractivity contribution < 1.29 is 37.0 Å². The fourth-order valence-electron chi connectivity index (χ4n) is 4.63. The molecule has 13 nitrogen and oxygen atoms in total. The number of para-hydroxylation sites is 1. The monoisotopic (exact) mass is 615 g/mol. The Labute approximate surface area is 251 Å². The number of aromatic nitrogens is 1. The minimum atomic E-state index is -3.88. The first-order valence-electron chi connectivity index (χ1n) is 13.5. The third-order valence-corrected chi connectivity index (χ3v) is 8.68. The van der Waals surface area contributed by atoms with Crippen LogP contribution in [0.3, 0.4) is 0 Å². The van der Waals surface area contributed by atoms with E-state index in [1.807, 2.05) is 0 Å². The molecule has 1 aromatic heterocycles. The fourth-order valence-corrected chi connectivity index (χ4v) is 5.63. The van der Waals surface area contributed by atoms with Gasteiger partial charge in [0.1, 0.15) is 5.70 Å². The van der Waals surface area contributed by atoms with E-state index in [4.69, 9.17) is 18.9 Å². The van der Waals surface area contributed by atoms with Gasteiger partial charge in [-0.25, -0.2) is 3.97 Å². The van der Waals surface area contributed by atoms with Crippen LogP contribution in [-0.4, -0.2) is 108 Å². The van der Waals surface area contributed by atoms with Gasteiger partial charge in [-0.1, -0.05) is 18.2 Å². The van der Waals surface area contributed by atoms with E-state index in [9.17, 15) is 18.0 Å². The van der Waals surface area contributed by atoms with E-state index in [1.54, 1.807) is 24.3 Å². The molecule has 1 aliphatic rings. The van der Waals surface area contributed by atoms with Crippen molar-refractivity contribution in [2.75, 3.05) is 74.8 Å². The summed E-state index contributed by atoms with van der Waals surface area (Å²) in [5, 5.41) is 6.15. The Hall–Kier alpha value is -4.11. The van der Waals surface area contributed by atoms with Gasteiger partial charge in [-0.05, 0) is 24.3 Å². The molecule has 2 aromatic carbocycles. The Kier molecular flexibility index (Phi) is 10.3. The van der Waals surface area contributed by atoms with Gasteiger partial charge in [-0.2, -0.15) is 12.7 Å². The number of hydrogen-bond acceptors (Lipinski definition) is 9. The fraction of sp³-hybridized carbons (Fsp3) is 0.379. The van der Waals surface area contributed by atoms with Crippen LogP contribution in [0.25, 0.3) is 17.0 Å². The summed E-state index contributed by atoms with van der Waals surface area (Å²) in [6, 6.07) is 9.86. The largest absolute Gasteiger partial charge is 0.493 e. The number of methoxy groups -OCH3 is 3. The van der Waals surface area contributed by atoms with Crippen molar-refractivity contribution in [1.82, 2.24) is 23.8 Å². The van der Waals surface area contributed by atoms with Gasteiger partial charge in [0.25, 0.3) is 11.8 Å². The standard InChI is InChI=1S/C29H37N5O8S/c1-32(2)43(37,38)34-19-21(22-8-6-7-9-24(22)34)16-23(29(36)30-10-11-33-12-14-42-15-13-33)31-28(35)20-17-25(39-3)27(41-5)26(18-20)40-4/h6-9,16-19H,10-15H2,1-5H3,(H,30,36)(H,31,35). The lowest BCUT2D eigenvalue weighted by Gasteiger charge is -2.26. The number of morpholine rings is 1. The first-order chi connectivity index (χ1) is 20.6. The molecule has 0 saturated carbocycles. The van der Waals surface area contributed by atoms with Crippen molar-refractivity contribution in [3.8, 4) is 17.2 Å². The highest BCUT2D eigenvalue weighted by atomic mass is 32.2.